The first kappa shape index (κ1) is 10.9. The summed E-state index contributed by atoms with van der Waals surface area (Å²) in [5, 5.41) is 6.23. The minimum absolute atomic E-state index is 1.02. The van der Waals surface area contributed by atoms with Gasteiger partial charge in [-0.15, -0.1) is 11.3 Å². The van der Waals surface area contributed by atoms with Gasteiger partial charge in [0.15, 0.2) is 0 Å². The van der Waals surface area contributed by atoms with Gasteiger partial charge in [-0.3, -0.25) is 5.43 Å². The van der Waals surface area contributed by atoms with E-state index in [0.29, 0.717) is 0 Å². The van der Waals surface area contributed by atoms with Crippen molar-refractivity contribution < 1.29 is 0 Å². The van der Waals surface area contributed by atoms with Crippen molar-refractivity contribution in [1.82, 2.24) is 0 Å². The van der Waals surface area contributed by atoms with E-state index < -0.39 is 0 Å². The van der Waals surface area contributed by atoms with Crippen molar-refractivity contribution in [1.29, 1.82) is 0 Å². The van der Waals surface area contributed by atoms with Crippen molar-refractivity contribution in [2.24, 2.45) is 5.10 Å². The van der Waals surface area contributed by atoms with Crippen LogP contribution in [0.3, 0.4) is 0 Å². The van der Waals surface area contributed by atoms with E-state index in [-0.39, 0.29) is 0 Å². The summed E-state index contributed by atoms with van der Waals surface area (Å²) in [6.45, 7) is 4.21. The van der Waals surface area contributed by atoms with Crippen LogP contribution in [0.5, 0.6) is 0 Å². The first-order chi connectivity index (χ1) is 7.75. The summed E-state index contributed by atoms with van der Waals surface area (Å²) in [4.78, 5) is 1.15. The van der Waals surface area contributed by atoms with Crippen LogP contribution in [0.4, 0.5) is 5.69 Å². The van der Waals surface area contributed by atoms with Gasteiger partial charge in [0.05, 0.1) is 11.9 Å². The molecule has 3 heteroatoms. The maximum Gasteiger partial charge on any atom is 0.0644 e. The molecule has 1 heterocycles. The summed E-state index contributed by atoms with van der Waals surface area (Å²) in [6.07, 6.45) is 1.83. The fourth-order valence-electron chi connectivity index (χ4n) is 1.35. The number of rotatable bonds is 3. The average molecular weight is 230 g/mol. The second-order valence-electron chi connectivity index (χ2n) is 3.68. The third-order valence-electron chi connectivity index (χ3n) is 2.44. The summed E-state index contributed by atoms with van der Waals surface area (Å²) >= 11 is 1.67. The highest BCUT2D eigenvalue weighted by Gasteiger charge is 1.94. The monoisotopic (exact) mass is 230 g/mol. The molecule has 0 radical (unpaired) electrons. The Bertz CT molecular complexity index is 487. The van der Waals surface area contributed by atoms with E-state index in [1.54, 1.807) is 11.3 Å². The van der Waals surface area contributed by atoms with E-state index >= 15 is 0 Å². The lowest BCUT2D eigenvalue weighted by Crippen LogP contribution is -1.91. The molecular formula is C13H14N2S. The van der Waals surface area contributed by atoms with Gasteiger partial charge < -0.3 is 0 Å². The molecule has 0 unspecified atom stereocenters. The number of benzene rings is 1. The van der Waals surface area contributed by atoms with Gasteiger partial charge in [-0.25, -0.2) is 0 Å². The largest absolute Gasteiger partial charge is 0.278 e. The highest BCUT2D eigenvalue weighted by Crippen LogP contribution is 2.14. The summed E-state index contributed by atoms with van der Waals surface area (Å²) < 4.78 is 0. The SMILES string of the molecule is Cc1ccc(N/N=C/c2cccs2)cc1C. The zero-order valence-electron chi connectivity index (χ0n) is 9.40. The molecule has 2 aromatic rings. The molecule has 0 saturated carbocycles. The van der Waals surface area contributed by atoms with E-state index in [1.807, 2.05) is 29.8 Å². The Morgan fingerprint density at radius 3 is 2.75 bits per heavy atom. The molecule has 1 N–H and O–H groups in total. The van der Waals surface area contributed by atoms with Gasteiger partial charge in [0.25, 0.3) is 0 Å². The predicted molar refractivity (Wildman–Crippen MR) is 71.5 cm³/mol. The predicted octanol–water partition coefficient (Wildman–Crippen LogP) is 3.81. The lowest BCUT2D eigenvalue weighted by molar-refractivity contribution is 1.29. The van der Waals surface area contributed by atoms with Gasteiger partial charge in [0.2, 0.25) is 0 Å². The Hall–Kier alpha value is -1.61. The summed E-state index contributed by atoms with van der Waals surface area (Å²) in [5.74, 6) is 0. The molecule has 1 aromatic heterocycles. The van der Waals surface area contributed by atoms with Gasteiger partial charge >= 0.3 is 0 Å². The number of anilines is 1. The third-order valence-corrected chi connectivity index (χ3v) is 3.24. The number of nitrogens with one attached hydrogen (secondary N) is 1. The molecule has 0 spiro atoms. The van der Waals surface area contributed by atoms with Crippen LogP contribution in [0, 0.1) is 13.8 Å². The standard InChI is InChI=1S/C13H14N2S/c1-10-5-6-12(8-11(10)2)15-14-9-13-4-3-7-16-13/h3-9,15H,1-2H3/b14-9+. The van der Waals surface area contributed by atoms with Crippen LogP contribution in [0.15, 0.2) is 40.8 Å². The number of thiophene rings is 1. The summed E-state index contributed by atoms with van der Waals surface area (Å²) in [6, 6.07) is 10.3. The minimum atomic E-state index is 1.02. The molecule has 0 saturated heterocycles. The van der Waals surface area contributed by atoms with E-state index in [4.69, 9.17) is 0 Å². The first-order valence-electron chi connectivity index (χ1n) is 5.15. The quantitative estimate of drug-likeness (QED) is 0.629. The highest BCUT2D eigenvalue weighted by atomic mass is 32.1. The average Bonchev–Trinajstić information content (AvgIpc) is 2.76. The second kappa shape index (κ2) is 4.94. The molecule has 16 heavy (non-hydrogen) atoms. The maximum absolute atomic E-state index is 4.19. The summed E-state index contributed by atoms with van der Waals surface area (Å²) in [7, 11) is 0. The number of aryl methyl sites for hydroxylation is 2. The molecule has 0 fully saturated rings. The van der Waals surface area contributed by atoms with E-state index in [1.165, 1.54) is 11.1 Å². The zero-order chi connectivity index (χ0) is 11.4. The second-order valence-corrected chi connectivity index (χ2v) is 4.66. The Kier molecular flexibility index (Phi) is 3.37. The topological polar surface area (TPSA) is 24.4 Å². The fraction of sp³-hybridized carbons (Fsp3) is 0.154. The van der Waals surface area contributed by atoms with Gasteiger partial charge in [-0.1, -0.05) is 12.1 Å². The van der Waals surface area contributed by atoms with Crippen LogP contribution in [0.1, 0.15) is 16.0 Å². The van der Waals surface area contributed by atoms with Crippen LogP contribution in [0.25, 0.3) is 0 Å². The van der Waals surface area contributed by atoms with Gasteiger partial charge in [-0.2, -0.15) is 5.10 Å². The van der Waals surface area contributed by atoms with Crippen molar-refractivity contribution in [3.8, 4) is 0 Å². The van der Waals surface area contributed by atoms with Crippen LogP contribution in [0.2, 0.25) is 0 Å². The van der Waals surface area contributed by atoms with Crippen molar-refractivity contribution in [3.05, 3.63) is 51.7 Å². The van der Waals surface area contributed by atoms with E-state index in [2.05, 4.69) is 36.5 Å². The molecule has 1 aromatic carbocycles. The van der Waals surface area contributed by atoms with Crippen LogP contribution in [-0.2, 0) is 0 Å². The normalized spacial score (nSPS) is 10.9. The van der Waals surface area contributed by atoms with Gasteiger partial charge in [0.1, 0.15) is 0 Å². The van der Waals surface area contributed by atoms with Crippen molar-refractivity contribution >= 4 is 23.2 Å². The van der Waals surface area contributed by atoms with Crippen molar-refractivity contribution in [2.45, 2.75) is 13.8 Å². The Labute approximate surface area is 99.6 Å². The minimum Gasteiger partial charge on any atom is -0.278 e. The maximum atomic E-state index is 4.19. The number of nitrogens with zero attached hydrogens (tertiary/aromatic N) is 1. The number of hydrogen-bond acceptors (Lipinski definition) is 3. The van der Waals surface area contributed by atoms with Crippen molar-refractivity contribution in [3.63, 3.8) is 0 Å². The van der Waals surface area contributed by atoms with Crippen LogP contribution >= 0.6 is 11.3 Å². The van der Waals surface area contributed by atoms with Crippen LogP contribution < -0.4 is 5.43 Å². The molecule has 82 valence electrons. The van der Waals surface area contributed by atoms with E-state index in [9.17, 15) is 0 Å². The molecule has 0 aliphatic carbocycles. The Morgan fingerprint density at radius 2 is 2.06 bits per heavy atom. The first-order valence-corrected chi connectivity index (χ1v) is 6.03. The molecule has 0 atom stereocenters. The Morgan fingerprint density at radius 1 is 1.19 bits per heavy atom. The lowest BCUT2D eigenvalue weighted by Gasteiger charge is -2.03. The van der Waals surface area contributed by atoms with Crippen molar-refractivity contribution in [2.75, 3.05) is 5.43 Å². The molecule has 0 aliphatic heterocycles. The lowest BCUT2D eigenvalue weighted by atomic mass is 10.1. The van der Waals surface area contributed by atoms with Gasteiger partial charge in [0, 0.05) is 4.88 Å². The fourth-order valence-corrected chi connectivity index (χ4v) is 1.93. The molecular weight excluding hydrogens is 216 g/mol. The number of hydrogen-bond donors (Lipinski definition) is 1. The molecule has 2 rings (SSSR count). The van der Waals surface area contributed by atoms with Gasteiger partial charge in [-0.05, 0) is 48.6 Å². The summed E-state index contributed by atoms with van der Waals surface area (Å²) in [5.41, 5.74) is 6.62. The molecule has 0 amide bonds. The molecule has 0 aliphatic rings. The smallest absolute Gasteiger partial charge is 0.0644 e. The molecule has 2 nitrogen and oxygen atoms in total. The van der Waals surface area contributed by atoms with Crippen LogP contribution in [-0.4, -0.2) is 6.21 Å². The number of hydrazone groups is 1. The Balaban J connectivity index is 2.02. The molecule has 0 bridgehead atoms. The zero-order valence-corrected chi connectivity index (χ0v) is 10.2. The van der Waals surface area contributed by atoms with E-state index in [0.717, 1.165) is 10.6 Å². The third kappa shape index (κ3) is 2.70. The highest BCUT2D eigenvalue weighted by molar-refractivity contribution is 7.11.